The van der Waals surface area contributed by atoms with E-state index in [0.717, 1.165) is 48.6 Å². The van der Waals surface area contributed by atoms with Crippen molar-refractivity contribution in [3.8, 4) is 17.1 Å². The van der Waals surface area contributed by atoms with E-state index in [2.05, 4.69) is 74.4 Å². The van der Waals surface area contributed by atoms with E-state index in [0.29, 0.717) is 5.75 Å². The summed E-state index contributed by atoms with van der Waals surface area (Å²) >= 11 is 0. The standard InChI is InChI=1S/C24H23N5O2/c25-24(30)31-20-10-11-21-22(16-20)27-23(26-21)17-6-8-19(9-7-17)29-14-12-28(13-15-29)18-4-2-1-3-5-18/h1-11,16H,12-15H2,(H2,25,30)(H,26,27). The monoisotopic (exact) mass is 413 g/mol. The van der Waals surface area contributed by atoms with Crippen LogP contribution in [-0.4, -0.2) is 42.2 Å². The van der Waals surface area contributed by atoms with Crippen LogP contribution in [0.4, 0.5) is 16.2 Å². The molecule has 0 unspecified atom stereocenters. The van der Waals surface area contributed by atoms with E-state index < -0.39 is 6.09 Å². The van der Waals surface area contributed by atoms with Gasteiger partial charge in [0.25, 0.3) is 0 Å². The van der Waals surface area contributed by atoms with Crippen molar-refractivity contribution in [1.29, 1.82) is 0 Å². The van der Waals surface area contributed by atoms with E-state index in [1.165, 1.54) is 11.4 Å². The molecule has 0 bridgehead atoms. The number of amides is 1. The van der Waals surface area contributed by atoms with Gasteiger partial charge in [0.2, 0.25) is 0 Å². The number of aromatic nitrogens is 2. The number of nitrogens with one attached hydrogen (secondary N) is 1. The largest absolute Gasteiger partial charge is 0.410 e. The lowest BCUT2D eigenvalue weighted by atomic mass is 10.1. The molecular formula is C24H23N5O2. The number of carbonyl (C=O) groups excluding carboxylic acids is 1. The summed E-state index contributed by atoms with van der Waals surface area (Å²) < 4.78 is 4.93. The lowest BCUT2D eigenvalue weighted by Gasteiger charge is -2.37. The number of hydrogen-bond donors (Lipinski definition) is 2. The highest BCUT2D eigenvalue weighted by atomic mass is 16.5. The Labute approximate surface area is 180 Å². The van der Waals surface area contributed by atoms with Crippen LogP contribution in [0.25, 0.3) is 22.4 Å². The number of hydrogen-bond acceptors (Lipinski definition) is 5. The lowest BCUT2D eigenvalue weighted by molar-refractivity contribution is 0.211. The molecule has 1 fully saturated rings. The van der Waals surface area contributed by atoms with Gasteiger partial charge in [-0.05, 0) is 48.5 Å². The van der Waals surface area contributed by atoms with Crippen LogP contribution < -0.4 is 20.3 Å². The van der Waals surface area contributed by atoms with Gasteiger partial charge >= 0.3 is 6.09 Å². The maximum Gasteiger partial charge on any atom is 0.409 e. The number of nitrogens with zero attached hydrogens (tertiary/aromatic N) is 3. The molecule has 0 saturated carbocycles. The van der Waals surface area contributed by atoms with Crippen molar-refractivity contribution in [2.45, 2.75) is 0 Å². The minimum absolute atomic E-state index is 0.378. The third-order valence-corrected chi connectivity index (χ3v) is 5.58. The zero-order chi connectivity index (χ0) is 21.2. The predicted molar refractivity (Wildman–Crippen MR) is 123 cm³/mol. The van der Waals surface area contributed by atoms with Crippen LogP contribution in [0.15, 0.2) is 72.8 Å². The van der Waals surface area contributed by atoms with Crippen molar-refractivity contribution in [1.82, 2.24) is 9.97 Å². The van der Waals surface area contributed by atoms with Crippen molar-refractivity contribution in [3.05, 3.63) is 72.8 Å². The smallest absolute Gasteiger partial charge is 0.409 e. The number of imidazole rings is 1. The van der Waals surface area contributed by atoms with E-state index in [-0.39, 0.29) is 0 Å². The van der Waals surface area contributed by atoms with Crippen LogP contribution >= 0.6 is 0 Å². The van der Waals surface area contributed by atoms with Gasteiger partial charge in [0, 0.05) is 49.2 Å². The number of anilines is 2. The van der Waals surface area contributed by atoms with Crippen molar-refractivity contribution in [2.24, 2.45) is 5.73 Å². The number of benzene rings is 3. The van der Waals surface area contributed by atoms with Crippen LogP contribution in [0, 0.1) is 0 Å². The number of nitrogens with two attached hydrogens (primary N) is 1. The quantitative estimate of drug-likeness (QED) is 0.528. The van der Waals surface area contributed by atoms with Crippen LogP contribution in [-0.2, 0) is 0 Å². The van der Waals surface area contributed by atoms with Gasteiger partial charge < -0.3 is 25.3 Å². The molecule has 4 aromatic rings. The Hall–Kier alpha value is -4.00. The Morgan fingerprint density at radius 1 is 0.871 bits per heavy atom. The molecule has 7 heteroatoms. The fourth-order valence-electron chi connectivity index (χ4n) is 3.99. The zero-order valence-corrected chi connectivity index (χ0v) is 17.0. The molecule has 7 nitrogen and oxygen atoms in total. The number of ether oxygens (including phenoxy) is 1. The molecule has 1 aliphatic heterocycles. The number of para-hydroxylation sites is 1. The molecule has 1 aromatic heterocycles. The second kappa shape index (κ2) is 8.02. The number of piperazine rings is 1. The molecule has 0 spiro atoms. The predicted octanol–water partition coefficient (Wildman–Crippen LogP) is 4.01. The first-order valence-corrected chi connectivity index (χ1v) is 10.3. The van der Waals surface area contributed by atoms with Crippen molar-refractivity contribution >= 4 is 28.5 Å². The summed E-state index contributed by atoms with van der Waals surface area (Å²) in [6.45, 7) is 3.99. The molecule has 1 saturated heterocycles. The van der Waals surface area contributed by atoms with Crippen LogP contribution in [0.2, 0.25) is 0 Å². The average molecular weight is 413 g/mol. The van der Waals surface area contributed by atoms with Crippen molar-refractivity contribution < 1.29 is 9.53 Å². The fourth-order valence-corrected chi connectivity index (χ4v) is 3.99. The second-order valence-electron chi connectivity index (χ2n) is 7.54. The topological polar surface area (TPSA) is 87.5 Å². The lowest BCUT2D eigenvalue weighted by Crippen LogP contribution is -2.46. The van der Waals surface area contributed by atoms with Gasteiger partial charge in [-0.2, -0.15) is 0 Å². The first-order chi connectivity index (χ1) is 15.2. The normalized spacial score (nSPS) is 14.1. The van der Waals surface area contributed by atoms with E-state index in [1.807, 2.05) is 6.07 Å². The highest BCUT2D eigenvalue weighted by Gasteiger charge is 2.17. The van der Waals surface area contributed by atoms with E-state index in [4.69, 9.17) is 10.5 Å². The molecule has 0 atom stereocenters. The average Bonchev–Trinajstić information content (AvgIpc) is 3.23. The molecule has 3 N–H and O–H groups in total. The fraction of sp³-hybridized carbons (Fsp3) is 0.167. The van der Waals surface area contributed by atoms with Gasteiger partial charge in [-0.3, -0.25) is 0 Å². The number of H-pyrrole nitrogens is 1. The zero-order valence-electron chi connectivity index (χ0n) is 17.0. The number of fused-ring (bicyclic) bond motifs is 1. The van der Waals surface area contributed by atoms with Crippen LogP contribution in [0.5, 0.6) is 5.75 Å². The summed E-state index contributed by atoms with van der Waals surface area (Å²) in [6.07, 6.45) is -0.838. The van der Waals surface area contributed by atoms with Crippen LogP contribution in [0.1, 0.15) is 0 Å². The van der Waals surface area contributed by atoms with Crippen molar-refractivity contribution in [3.63, 3.8) is 0 Å². The SMILES string of the molecule is NC(=O)Oc1ccc2[nH]c(-c3ccc(N4CCN(c5ccccc5)CC4)cc3)nc2c1. The molecule has 31 heavy (non-hydrogen) atoms. The summed E-state index contributed by atoms with van der Waals surface area (Å²) in [4.78, 5) is 23.7. The molecule has 1 amide bonds. The molecule has 0 radical (unpaired) electrons. The maximum absolute atomic E-state index is 10.9. The van der Waals surface area contributed by atoms with E-state index in [9.17, 15) is 4.79 Å². The highest BCUT2D eigenvalue weighted by molar-refractivity contribution is 5.82. The van der Waals surface area contributed by atoms with Crippen molar-refractivity contribution in [2.75, 3.05) is 36.0 Å². The third kappa shape index (κ3) is 4.02. The Morgan fingerprint density at radius 2 is 1.52 bits per heavy atom. The Balaban J connectivity index is 1.28. The van der Waals surface area contributed by atoms with E-state index >= 15 is 0 Å². The minimum atomic E-state index is -0.838. The molecule has 2 heterocycles. The summed E-state index contributed by atoms with van der Waals surface area (Å²) in [5.74, 6) is 1.15. The Morgan fingerprint density at radius 3 is 2.16 bits per heavy atom. The van der Waals surface area contributed by atoms with Gasteiger partial charge in [-0.1, -0.05) is 18.2 Å². The summed E-state index contributed by atoms with van der Waals surface area (Å²) in [5.41, 5.74) is 10.2. The first kappa shape index (κ1) is 19.0. The number of carbonyl (C=O) groups is 1. The number of aromatic amines is 1. The van der Waals surface area contributed by atoms with E-state index in [1.54, 1.807) is 12.1 Å². The Bertz CT molecular complexity index is 1200. The molecule has 156 valence electrons. The molecular weight excluding hydrogens is 390 g/mol. The highest BCUT2D eigenvalue weighted by Crippen LogP contribution is 2.26. The second-order valence-corrected chi connectivity index (χ2v) is 7.54. The van der Waals surface area contributed by atoms with Gasteiger partial charge in [0.05, 0.1) is 11.0 Å². The molecule has 0 aliphatic carbocycles. The summed E-state index contributed by atoms with van der Waals surface area (Å²) in [7, 11) is 0. The van der Waals surface area contributed by atoms with Gasteiger partial charge in [0.1, 0.15) is 11.6 Å². The first-order valence-electron chi connectivity index (χ1n) is 10.3. The maximum atomic E-state index is 10.9. The summed E-state index contributed by atoms with van der Waals surface area (Å²) in [6, 6.07) is 24.2. The van der Waals surface area contributed by atoms with Gasteiger partial charge in [-0.25, -0.2) is 9.78 Å². The molecule has 5 rings (SSSR count). The van der Waals surface area contributed by atoms with Crippen LogP contribution in [0.3, 0.4) is 0 Å². The van der Waals surface area contributed by atoms with Gasteiger partial charge in [-0.15, -0.1) is 0 Å². The molecule has 1 aliphatic rings. The Kier molecular flexibility index (Phi) is 4.92. The number of rotatable bonds is 4. The molecule has 3 aromatic carbocycles. The minimum Gasteiger partial charge on any atom is -0.410 e. The number of primary amides is 1. The van der Waals surface area contributed by atoms with Gasteiger partial charge in [0.15, 0.2) is 0 Å². The summed E-state index contributed by atoms with van der Waals surface area (Å²) in [5, 5.41) is 0. The third-order valence-electron chi connectivity index (χ3n) is 5.58.